The largest absolute Gasteiger partial charge is 0.445 e. The lowest BCUT2D eigenvalue weighted by atomic mass is 9.74. The lowest BCUT2D eigenvalue weighted by molar-refractivity contribution is -0.0907. The van der Waals surface area contributed by atoms with Gasteiger partial charge in [0.05, 0.1) is 5.60 Å². The quantitative estimate of drug-likeness (QED) is 0.419. The Hall–Kier alpha value is -1.37. The van der Waals surface area contributed by atoms with E-state index in [1.54, 1.807) is 0 Å². The number of piperidine rings is 2. The van der Waals surface area contributed by atoms with E-state index in [9.17, 15) is 9.90 Å². The summed E-state index contributed by atoms with van der Waals surface area (Å²) in [4.78, 5) is 14.8. The molecule has 0 radical (unpaired) electrons. The van der Waals surface area contributed by atoms with Crippen molar-refractivity contribution in [2.45, 2.75) is 108 Å². The second-order valence-electron chi connectivity index (χ2n) is 11.0. The van der Waals surface area contributed by atoms with Crippen molar-refractivity contribution in [2.75, 3.05) is 6.61 Å². The number of hydrogen-bond acceptors (Lipinski definition) is 4. The zero-order valence-electron chi connectivity index (χ0n) is 20.0. The van der Waals surface area contributed by atoms with Gasteiger partial charge >= 0.3 is 6.09 Å². The molecule has 2 saturated heterocycles. The minimum absolute atomic E-state index is 0.0714. The van der Waals surface area contributed by atoms with Gasteiger partial charge in [0.25, 0.3) is 0 Å². The number of ether oxygens (including phenoxy) is 1. The molecule has 1 N–H and O–H groups in total. The maximum atomic E-state index is 12.9. The van der Waals surface area contributed by atoms with Gasteiger partial charge in [-0.3, -0.25) is 0 Å². The van der Waals surface area contributed by atoms with Crippen LogP contribution in [0.1, 0.15) is 71.3 Å². The molecule has 2 aliphatic heterocycles. The Balaban J connectivity index is 1.52. The normalized spacial score (nSPS) is 26.6. The first kappa shape index (κ1) is 24.3. The third-order valence-corrected chi connectivity index (χ3v) is 12.1. The molecule has 0 saturated carbocycles. The summed E-state index contributed by atoms with van der Waals surface area (Å²) in [6.45, 7) is 12.3. The van der Waals surface area contributed by atoms with Crippen molar-refractivity contribution in [3.63, 3.8) is 0 Å². The fraction of sp³-hybridized carbons (Fsp3) is 0.720. The number of nitrogens with zero attached hydrogens (tertiary/aromatic N) is 1. The molecule has 2 unspecified atom stereocenters. The Morgan fingerprint density at radius 1 is 1.16 bits per heavy atom. The molecule has 2 bridgehead atoms. The van der Waals surface area contributed by atoms with Crippen molar-refractivity contribution >= 4 is 14.4 Å². The summed E-state index contributed by atoms with van der Waals surface area (Å²) < 4.78 is 11.9. The Bertz CT molecular complexity index is 717. The number of hydrogen-bond donors (Lipinski definition) is 1. The molecule has 3 rings (SSSR count). The Kier molecular flexibility index (Phi) is 7.54. The number of rotatable bonds is 7. The van der Waals surface area contributed by atoms with Crippen LogP contribution in [0.15, 0.2) is 30.3 Å². The summed E-state index contributed by atoms with van der Waals surface area (Å²) in [6.07, 6.45) is 5.65. The van der Waals surface area contributed by atoms with Gasteiger partial charge in [0.15, 0.2) is 8.32 Å². The van der Waals surface area contributed by atoms with Gasteiger partial charge in [0, 0.05) is 18.7 Å². The number of carbonyl (C=O) groups is 1. The first-order valence-corrected chi connectivity index (χ1v) is 14.8. The summed E-state index contributed by atoms with van der Waals surface area (Å²) in [7, 11) is -1.75. The average molecular weight is 448 g/mol. The Morgan fingerprint density at radius 2 is 1.77 bits per heavy atom. The molecule has 174 valence electrons. The number of amides is 1. The van der Waals surface area contributed by atoms with E-state index in [0.717, 1.165) is 37.7 Å². The smallest absolute Gasteiger partial charge is 0.410 e. The first-order chi connectivity index (χ1) is 14.5. The lowest BCUT2D eigenvalue weighted by Crippen LogP contribution is -2.59. The van der Waals surface area contributed by atoms with Crippen molar-refractivity contribution in [1.29, 1.82) is 0 Å². The molecule has 0 aromatic heterocycles. The molecule has 31 heavy (non-hydrogen) atoms. The van der Waals surface area contributed by atoms with E-state index in [-0.39, 0.29) is 23.2 Å². The minimum Gasteiger partial charge on any atom is -0.445 e. The molecular formula is C25H41NO4Si. The van der Waals surface area contributed by atoms with Crippen LogP contribution in [-0.4, -0.2) is 48.7 Å². The van der Waals surface area contributed by atoms with Gasteiger partial charge in [-0.05, 0) is 68.6 Å². The van der Waals surface area contributed by atoms with E-state index in [1.165, 1.54) is 0 Å². The maximum absolute atomic E-state index is 12.9. The van der Waals surface area contributed by atoms with Crippen LogP contribution in [0.25, 0.3) is 0 Å². The topological polar surface area (TPSA) is 59.0 Å². The van der Waals surface area contributed by atoms with Gasteiger partial charge in [-0.2, -0.15) is 0 Å². The van der Waals surface area contributed by atoms with Crippen molar-refractivity contribution in [3.8, 4) is 0 Å². The van der Waals surface area contributed by atoms with E-state index in [0.29, 0.717) is 26.1 Å². The summed E-state index contributed by atoms with van der Waals surface area (Å²) in [5.41, 5.74) is 0.291. The minimum atomic E-state index is -1.75. The highest BCUT2D eigenvalue weighted by molar-refractivity contribution is 6.74. The van der Waals surface area contributed by atoms with Gasteiger partial charge in [-0.1, -0.05) is 51.1 Å². The monoisotopic (exact) mass is 447 g/mol. The van der Waals surface area contributed by atoms with Crippen LogP contribution >= 0.6 is 0 Å². The average Bonchev–Trinajstić information content (AvgIpc) is 2.69. The van der Waals surface area contributed by atoms with E-state index < -0.39 is 13.9 Å². The van der Waals surface area contributed by atoms with Gasteiger partial charge in [0.1, 0.15) is 6.61 Å². The third kappa shape index (κ3) is 6.11. The Morgan fingerprint density at radius 3 is 2.35 bits per heavy atom. The highest BCUT2D eigenvalue weighted by atomic mass is 28.4. The van der Waals surface area contributed by atoms with E-state index in [2.05, 4.69) is 33.9 Å². The number of carbonyl (C=O) groups excluding carboxylic acids is 1. The second kappa shape index (κ2) is 9.63. The standard InChI is InChI=1S/C25H41NO4Si/c1-24(2,3)31(4,5)30-16-10-15-25(28)17-21-13-9-14-22(18-25)26(21)23(27)29-19-20-11-7-6-8-12-20/h6-8,11-12,21-22,28H,9-10,13-19H2,1-5H3. The highest BCUT2D eigenvalue weighted by Crippen LogP contribution is 2.42. The summed E-state index contributed by atoms with van der Waals surface area (Å²) in [5.74, 6) is 0. The van der Waals surface area contributed by atoms with Crippen LogP contribution < -0.4 is 0 Å². The van der Waals surface area contributed by atoms with Gasteiger partial charge in [-0.25, -0.2) is 4.79 Å². The molecule has 6 heteroatoms. The molecule has 2 fully saturated rings. The summed E-state index contributed by atoms with van der Waals surface area (Å²) in [5, 5.41) is 11.6. The second-order valence-corrected chi connectivity index (χ2v) is 15.8. The fourth-order valence-electron chi connectivity index (χ4n) is 4.77. The van der Waals surface area contributed by atoms with Crippen LogP contribution in [0, 0.1) is 0 Å². The molecule has 2 atom stereocenters. The molecule has 2 heterocycles. The summed E-state index contributed by atoms with van der Waals surface area (Å²) in [6, 6.07) is 9.94. The zero-order chi connectivity index (χ0) is 22.7. The van der Waals surface area contributed by atoms with Crippen LogP contribution in [0.5, 0.6) is 0 Å². The number of aliphatic hydroxyl groups is 1. The molecule has 1 aromatic rings. The van der Waals surface area contributed by atoms with Crippen molar-refractivity contribution in [2.24, 2.45) is 0 Å². The molecule has 1 aromatic carbocycles. The van der Waals surface area contributed by atoms with Crippen LogP contribution in [-0.2, 0) is 15.8 Å². The molecule has 1 amide bonds. The van der Waals surface area contributed by atoms with Gasteiger partial charge in [-0.15, -0.1) is 0 Å². The molecule has 0 aliphatic carbocycles. The van der Waals surface area contributed by atoms with Crippen molar-refractivity contribution in [1.82, 2.24) is 4.90 Å². The van der Waals surface area contributed by atoms with Gasteiger partial charge < -0.3 is 19.2 Å². The summed E-state index contributed by atoms with van der Waals surface area (Å²) >= 11 is 0. The van der Waals surface area contributed by atoms with Crippen LogP contribution in [0.2, 0.25) is 18.1 Å². The number of fused-ring (bicyclic) bond motifs is 2. The first-order valence-electron chi connectivity index (χ1n) is 11.9. The van der Waals surface area contributed by atoms with Crippen molar-refractivity contribution in [3.05, 3.63) is 35.9 Å². The zero-order valence-corrected chi connectivity index (χ0v) is 21.0. The third-order valence-electron chi connectivity index (χ3n) is 7.56. The van der Waals surface area contributed by atoms with E-state index >= 15 is 0 Å². The molecule has 5 nitrogen and oxygen atoms in total. The Labute approximate surface area is 189 Å². The lowest BCUT2D eigenvalue weighted by Gasteiger charge is -2.51. The van der Waals surface area contributed by atoms with Crippen LogP contribution in [0.4, 0.5) is 4.79 Å². The maximum Gasteiger partial charge on any atom is 0.410 e. The molecule has 2 aliphatic rings. The number of benzene rings is 1. The fourth-order valence-corrected chi connectivity index (χ4v) is 5.86. The van der Waals surface area contributed by atoms with Crippen molar-refractivity contribution < 1.29 is 19.1 Å². The molecule has 0 spiro atoms. The van der Waals surface area contributed by atoms with E-state index in [1.807, 2.05) is 35.2 Å². The molecular weight excluding hydrogens is 406 g/mol. The van der Waals surface area contributed by atoms with Crippen LogP contribution in [0.3, 0.4) is 0 Å². The SMILES string of the molecule is CC(C)(C)[Si](C)(C)OCCCC1(O)CC2CCCC(C1)N2C(=O)OCc1ccccc1. The predicted octanol–water partition coefficient (Wildman–Crippen LogP) is 5.87. The van der Waals surface area contributed by atoms with E-state index in [4.69, 9.17) is 9.16 Å². The predicted molar refractivity (Wildman–Crippen MR) is 126 cm³/mol. The highest BCUT2D eigenvalue weighted by Gasteiger charge is 2.47. The van der Waals surface area contributed by atoms with Gasteiger partial charge in [0.2, 0.25) is 0 Å².